The summed E-state index contributed by atoms with van der Waals surface area (Å²) in [5.41, 5.74) is 1.64. The Morgan fingerprint density at radius 2 is 2.18 bits per heavy atom. The Morgan fingerprint density at radius 3 is 2.95 bits per heavy atom. The molecule has 0 N–H and O–H groups in total. The Hall–Kier alpha value is -1.79. The van der Waals surface area contributed by atoms with Crippen LogP contribution >= 0.6 is 11.3 Å². The molecule has 22 heavy (non-hydrogen) atoms. The molecule has 4 nitrogen and oxygen atoms in total. The zero-order valence-electron chi connectivity index (χ0n) is 12.2. The first-order valence-corrected chi connectivity index (χ1v) is 8.30. The third-order valence-electron chi connectivity index (χ3n) is 3.81. The molecule has 3 rings (SSSR count). The molecule has 0 saturated carbocycles. The fourth-order valence-corrected chi connectivity index (χ4v) is 3.34. The highest BCUT2D eigenvalue weighted by Gasteiger charge is 2.21. The van der Waals surface area contributed by atoms with E-state index in [4.69, 9.17) is 0 Å². The number of amides is 1. The number of thiophene rings is 1. The van der Waals surface area contributed by atoms with Gasteiger partial charge in [0, 0.05) is 38.9 Å². The lowest BCUT2D eigenvalue weighted by atomic mass is 10.2. The second-order valence-corrected chi connectivity index (χ2v) is 6.23. The number of aromatic nitrogens is 1. The largest absolute Gasteiger partial charge is 0.337 e. The second kappa shape index (κ2) is 6.98. The van der Waals surface area contributed by atoms with Crippen molar-refractivity contribution in [3.63, 3.8) is 0 Å². The summed E-state index contributed by atoms with van der Waals surface area (Å²) in [5, 5.41) is 4.24. The van der Waals surface area contributed by atoms with Gasteiger partial charge in [-0.1, -0.05) is 0 Å². The van der Waals surface area contributed by atoms with Gasteiger partial charge in [0.2, 0.25) is 0 Å². The van der Waals surface area contributed by atoms with Crippen molar-refractivity contribution >= 4 is 17.2 Å². The van der Waals surface area contributed by atoms with Crippen LogP contribution in [0.4, 0.5) is 4.39 Å². The van der Waals surface area contributed by atoms with Gasteiger partial charge in [0.25, 0.3) is 5.91 Å². The lowest BCUT2D eigenvalue weighted by Crippen LogP contribution is -2.35. The fourth-order valence-electron chi connectivity index (χ4n) is 2.68. The van der Waals surface area contributed by atoms with Crippen LogP contribution in [0.3, 0.4) is 0 Å². The zero-order chi connectivity index (χ0) is 15.4. The van der Waals surface area contributed by atoms with E-state index in [1.165, 1.54) is 17.8 Å². The number of pyridine rings is 1. The maximum atomic E-state index is 13.2. The summed E-state index contributed by atoms with van der Waals surface area (Å²) in [6.45, 7) is 4.10. The highest BCUT2D eigenvalue weighted by molar-refractivity contribution is 7.07. The van der Waals surface area contributed by atoms with Crippen LogP contribution in [0.1, 0.15) is 22.3 Å². The number of hydrogen-bond acceptors (Lipinski definition) is 4. The number of carbonyl (C=O) groups excluding carboxylic acids is 1. The number of rotatable bonds is 3. The molecule has 1 fully saturated rings. The molecule has 0 radical (unpaired) electrons. The van der Waals surface area contributed by atoms with Crippen LogP contribution in [0.25, 0.3) is 0 Å². The van der Waals surface area contributed by atoms with Crippen LogP contribution in [-0.2, 0) is 6.54 Å². The Bertz CT molecular complexity index is 632. The van der Waals surface area contributed by atoms with Crippen molar-refractivity contribution in [3.8, 4) is 0 Å². The van der Waals surface area contributed by atoms with Gasteiger partial charge in [0.1, 0.15) is 5.82 Å². The molecule has 1 amide bonds. The molecular weight excluding hydrogens is 301 g/mol. The van der Waals surface area contributed by atoms with E-state index < -0.39 is 5.82 Å². The van der Waals surface area contributed by atoms with E-state index in [0.717, 1.165) is 32.3 Å². The normalized spacial score (nSPS) is 16.5. The summed E-state index contributed by atoms with van der Waals surface area (Å²) in [6, 6.07) is 3.39. The minimum Gasteiger partial charge on any atom is -0.337 e. The van der Waals surface area contributed by atoms with Gasteiger partial charge in [-0.15, -0.1) is 0 Å². The lowest BCUT2D eigenvalue weighted by molar-refractivity contribution is 0.0760. The average molecular weight is 319 g/mol. The Morgan fingerprint density at radius 1 is 1.27 bits per heavy atom. The predicted octanol–water partition coefficient (Wildman–Crippen LogP) is 2.63. The maximum absolute atomic E-state index is 13.2. The number of carbonyl (C=O) groups is 1. The Balaban J connectivity index is 1.61. The maximum Gasteiger partial charge on any atom is 0.255 e. The molecule has 2 aromatic heterocycles. The smallest absolute Gasteiger partial charge is 0.255 e. The molecule has 1 aliphatic heterocycles. The van der Waals surface area contributed by atoms with Crippen LogP contribution in [0.2, 0.25) is 0 Å². The van der Waals surface area contributed by atoms with E-state index in [1.807, 2.05) is 0 Å². The van der Waals surface area contributed by atoms with Crippen molar-refractivity contribution in [3.05, 3.63) is 52.2 Å². The van der Waals surface area contributed by atoms with Crippen molar-refractivity contribution in [1.82, 2.24) is 14.8 Å². The van der Waals surface area contributed by atoms with Gasteiger partial charge in [0.05, 0.1) is 11.8 Å². The van der Waals surface area contributed by atoms with Crippen LogP contribution in [0.5, 0.6) is 0 Å². The SMILES string of the molecule is O=C(c1cncc(F)c1)N1CCCN(Cc2ccsc2)CC1. The number of halogens is 1. The fraction of sp³-hybridized carbons (Fsp3) is 0.375. The summed E-state index contributed by atoms with van der Waals surface area (Å²) in [7, 11) is 0. The lowest BCUT2D eigenvalue weighted by Gasteiger charge is -2.21. The number of nitrogens with zero attached hydrogens (tertiary/aromatic N) is 3. The molecule has 3 heterocycles. The first-order chi connectivity index (χ1) is 10.7. The van der Waals surface area contributed by atoms with Gasteiger partial charge >= 0.3 is 0 Å². The van der Waals surface area contributed by atoms with Crippen LogP contribution in [-0.4, -0.2) is 46.9 Å². The van der Waals surface area contributed by atoms with Gasteiger partial charge < -0.3 is 4.90 Å². The predicted molar refractivity (Wildman–Crippen MR) is 84.3 cm³/mol. The molecule has 0 aromatic carbocycles. The van der Waals surface area contributed by atoms with E-state index in [-0.39, 0.29) is 5.91 Å². The minimum absolute atomic E-state index is 0.135. The zero-order valence-corrected chi connectivity index (χ0v) is 13.1. The molecular formula is C16H18FN3OS. The van der Waals surface area contributed by atoms with Crippen LogP contribution < -0.4 is 0 Å². The molecule has 0 spiro atoms. The van der Waals surface area contributed by atoms with E-state index in [0.29, 0.717) is 18.7 Å². The van der Waals surface area contributed by atoms with Crippen molar-refractivity contribution in [1.29, 1.82) is 0 Å². The highest BCUT2D eigenvalue weighted by atomic mass is 32.1. The Labute approximate surface area is 133 Å². The minimum atomic E-state index is -0.472. The molecule has 6 heteroatoms. The monoisotopic (exact) mass is 319 g/mol. The van der Waals surface area contributed by atoms with E-state index >= 15 is 0 Å². The number of hydrogen-bond donors (Lipinski definition) is 0. The summed E-state index contributed by atoms with van der Waals surface area (Å²) < 4.78 is 13.2. The quantitative estimate of drug-likeness (QED) is 0.872. The van der Waals surface area contributed by atoms with E-state index in [2.05, 4.69) is 26.7 Å². The molecule has 116 valence electrons. The van der Waals surface area contributed by atoms with Crippen LogP contribution in [0, 0.1) is 5.82 Å². The topological polar surface area (TPSA) is 36.4 Å². The van der Waals surface area contributed by atoms with E-state index in [1.54, 1.807) is 16.2 Å². The molecule has 2 aromatic rings. The van der Waals surface area contributed by atoms with E-state index in [9.17, 15) is 9.18 Å². The van der Waals surface area contributed by atoms with Gasteiger partial charge in [-0.05, 0) is 34.9 Å². The van der Waals surface area contributed by atoms with Crippen molar-refractivity contribution in [2.75, 3.05) is 26.2 Å². The molecule has 0 aliphatic carbocycles. The highest BCUT2D eigenvalue weighted by Crippen LogP contribution is 2.13. The van der Waals surface area contributed by atoms with Crippen molar-refractivity contribution in [2.24, 2.45) is 0 Å². The molecule has 0 bridgehead atoms. The van der Waals surface area contributed by atoms with Crippen LogP contribution in [0.15, 0.2) is 35.3 Å². The van der Waals surface area contributed by atoms with Crippen molar-refractivity contribution in [2.45, 2.75) is 13.0 Å². The average Bonchev–Trinajstić information content (AvgIpc) is 2.91. The third kappa shape index (κ3) is 3.69. The summed E-state index contributed by atoms with van der Waals surface area (Å²) in [5.74, 6) is -0.607. The molecule has 0 unspecified atom stereocenters. The first-order valence-electron chi connectivity index (χ1n) is 7.35. The molecule has 1 aliphatic rings. The second-order valence-electron chi connectivity index (χ2n) is 5.45. The standard InChI is InChI=1S/C16H18FN3OS/c17-15-8-14(9-18-10-15)16(21)20-4-1-3-19(5-6-20)11-13-2-7-22-12-13/h2,7-10,12H,1,3-6,11H2. The summed E-state index contributed by atoms with van der Waals surface area (Å²) in [6.07, 6.45) is 3.47. The summed E-state index contributed by atoms with van der Waals surface area (Å²) in [4.78, 5) is 20.3. The van der Waals surface area contributed by atoms with Gasteiger partial charge in [-0.25, -0.2) is 4.39 Å². The first kappa shape index (κ1) is 15.1. The third-order valence-corrected chi connectivity index (χ3v) is 4.55. The Kier molecular flexibility index (Phi) is 4.80. The van der Waals surface area contributed by atoms with Gasteiger partial charge in [0.15, 0.2) is 0 Å². The molecule has 0 atom stereocenters. The van der Waals surface area contributed by atoms with Gasteiger partial charge in [-0.2, -0.15) is 11.3 Å². The van der Waals surface area contributed by atoms with Gasteiger partial charge in [-0.3, -0.25) is 14.7 Å². The molecule has 1 saturated heterocycles. The summed E-state index contributed by atoms with van der Waals surface area (Å²) >= 11 is 1.70. The van der Waals surface area contributed by atoms with Crippen molar-refractivity contribution < 1.29 is 9.18 Å².